The van der Waals surface area contributed by atoms with Gasteiger partial charge in [-0.15, -0.1) is 0 Å². The number of carbonyl (C=O) groups excluding carboxylic acids is 2. The number of nitrogens with zero attached hydrogens (tertiary/aromatic N) is 3. The summed E-state index contributed by atoms with van der Waals surface area (Å²) in [7, 11) is 0. The number of pyridine rings is 1. The van der Waals surface area contributed by atoms with Gasteiger partial charge in [0, 0.05) is 29.9 Å². The fourth-order valence-electron chi connectivity index (χ4n) is 3.42. The fraction of sp³-hybridized carbons (Fsp3) is 0.227. The molecule has 28 heavy (non-hydrogen) atoms. The Hall–Kier alpha value is -3.41. The first kappa shape index (κ1) is 18.0. The second-order valence-electron chi connectivity index (χ2n) is 7.06. The Morgan fingerprint density at radius 1 is 1.04 bits per heavy atom. The Bertz CT molecular complexity index is 1050. The van der Waals surface area contributed by atoms with E-state index in [0.717, 1.165) is 27.8 Å². The molecule has 2 aromatic carbocycles. The summed E-state index contributed by atoms with van der Waals surface area (Å²) in [5.41, 5.74) is 4.47. The molecule has 142 valence electrons. The van der Waals surface area contributed by atoms with Crippen molar-refractivity contribution in [3.63, 3.8) is 0 Å². The lowest BCUT2D eigenvalue weighted by atomic mass is 10.1. The minimum absolute atomic E-state index is 0.0247. The van der Waals surface area contributed by atoms with Crippen molar-refractivity contribution in [2.24, 2.45) is 0 Å². The van der Waals surface area contributed by atoms with Crippen LogP contribution >= 0.6 is 0 Å². The number of urea groups is 1. The first-order chi connectivity index (χ1) is 13.5. The smallest absolute Gasteiger partial charge is 0.324 e. The van der Waals surface area contributed by atoms with E-state index in [1.165, 1.54) is 0 Å². The van der Waals surface area contributed by atoms with Gasteiger partial charge in [-0.25, -0.2) is 4.79 Å². The monoisotopic (exact) mass is 374 g/mol. The van der Waals surface area contributed by atoms with Gasteiger partial charge in [-0.3, -0.25) is 14.7 Å². The zero-order valence-corrected chi connectivity index (χ0v) is 16.0. The summed E-state index contributed by atoms with van der Waals surface area (Å²) in [5.74, 6) is -0.216. The molecule has 0 atom stereocenters. The largest absolute Gasteiger partial charge is 0.325 e. The van der Waals surface area contributed by atoms with Crippen LogP contribution in [0.4, 0.5) is 16.2 Å². The Kier molecular flexibility index (Phi) is 4.69. The maximum absolute atomic E-state index is 12.7. The number of carbonyl (C=O) groups is 2. The SMILES string of the molecule is Cc1ccc(N2CCN(CC(=O)Nc3cccc4nc(C)ccc34)C2=O)cc1. The van der Waals surface area contributed by atoms with Crippen LogP contribution in [0, 0.1) is 13.8 Å². The van der Waals surface area contributed by atoms with Crippen molar-refractivity contribution >= 4 is 34.2 Å². The number of anilines is 2. The van der Waals surface area contributed by atoms with Crippen molar-refractivity contribution in [2.45, 2.75) is 13.8 Å². The van der Waals surface area contributed by atoms with E-state index in [2.05, 4.69) is 10.3 Å². The van der Waals surface area contributed by atoms with Gasteiger partial charge in [0.05, 0.1) is 11.2 Å². The van der Waals surface area contributed by atoms with Crippen molar-refractivity contribution in [2.75, 3.05) is 29.9 Å². The molecule has 0 spiro atoms. The lowest BCUT2D eigenvalue weighted by Gasteiger charge is -2.19. The third kappa shape index (κ3) is 3.53. The van der Waals surface area contributed by atoms with Crippen LogP contribution in [0.1, 0.15) is 11.3 Å². The van der Waals surface area contributed by atoms with Gasteiger partial charge < -0.3 is 10.2 Å². The molecule has 3 aromatic rings. The van der Waals surface area contributed by atoms with Crippen molar-refractivity contribution in [3.8, 4) is 0 Å². The van der Waals surface area contributed by atoms with Gasteiger partial charge in [0.15, 0.2) is 0 Å². The van der Waals surface area contributed by atoms with E-state index in [9.17, 15) is 9.59 Å². The van der Waals surface area contributed by atoms with Crippen molar-refractivity contribution < 1.29 is 9.59 Å². The average Bonchev–Trinajstić information content (AvgIpc) is 3.02. The van der Waals surface area contributed by atoms with Gasteiger partial charge in [0.1, 0.15) is 6.54 Å². The van der Waals surface area contributed by atoms with E-state index in [4.69, 9.17) is 0 Å². The van der Waals surface area contributed by atoms with Gasteiger partial charge in [0.25, 0.3) is 0 Å². The summed E-state index contributed by atoms with van der Waals surface area (Å²) in [6.45, 7) is 5.07. The Morgan fingerprint density at radius 2 is 1.82 bits per heavy atom. The predicted molar refractivity (Wildman–Crippen MR) is 111 cm³/mol. The quantitative estimate of drug-likeness (QED) is 0.757. The van der Waals surface area contributed by atoms with E-state index >= 15 is 0 Å². The van der Waals surface area contributed by atoms with E-state index in [0.29, 0.717) is 18.8 Å². The van der Waals surface area contributed by atoms with Crippen molar-refractivity contribution in [1.29, 1.82) is 0 Å². The summed E-state index contributed by atoms with van der Waals surface area (Å²) >= 11 is 0. The molecule has 1 aliphatic heterocycles. The first-order valence-corrected chi connectivity index (χ1v) is 9.30. The highest BCUT2D eigenvalue weighted by molar-refractivity contribution is 6.03. The molecule has 1 aliphatic rings. The van der Waals surface area contributed by atoms with Crippen LogP contribution in [0.15, 0.2) is 54.6 Å². The lowest BCUT2D eigenvalue weighted by molar-refractivity contribution is -0.116. The number of amides is 3. The number of benzene rings is 2. The third-order valence-electron chi connectivity index (χ3n) is 4.92. The Morgan fingerprint density at radius 3 is 2.61 bits per heavy atom. The van der Waals surface area contributed by atoms with Crippen molar-refractivity contribution in [3.05, 3.63) is 65.9 Å². The van der Waals surface area contributed by atoms with Crippen LogP contribution in [-0.4, -0.2) is 41.5 Å². The highest BCUT2D eigenvalue weighted by Gasteiger charge is 2.30. The Labute approximate surface area is 163 Å². The summed E-state index contributed by atoms with van der Waals surface area (Å²) < 4.78 is 0. The fourth-order valence-corrected chi connectivity index (χ4v) is 3.42. The first-order valence-electron chi connectivity index (χ1n) is 9.30. The zero-order valence-electron chi connectivity index (χ0n) is 16.0. The van der Waals surface area contributed by atoms with Crippen molar-refractivity contribution in [1.82, 2.24) is 9.88 Å². The number of hydrogen-bond acceptors (Lipinski definition) is 3. The molecule has 0 aliphatic carbocycles. The molecule has 4 rings (SSSR count). The predicted octanol–water partition coefficient (Wildman–Crippen LogP) is 3.73. The molecule has 1 saturated heterocycles. The summed E-state index contributed by atoms with van der Waals surface area (Å²) in [5, 5.41) is 3.81. The maximum atomic E-state index is 12.7. The summed E-state index contributed by atoms with van der Waals surface area (Å²) in [6.07, 6.45) is 0. The van der Waals surface area contributed by atoms with Crippen LogP contribution in [0.5, 0.6) is 0 Å². The number of hydrogen-bond donors (Lipinski definition) is 1. The summed E-state index contributed by atoms with van der Waals surface area (Å²) in [4.78, 5) is 33.0. The molecular weight excluding hydrogens is 352 g/mol. The minimum atomic E-state index is -0.216. The van der Waals surface area contributed by atoms with Gasteiger partial charge in [0.2, 0.25) is 5.91 Å². The second kappa shape index (κ2) is 7.31. The topological polar surface area (TPSA) is 65.5 Å². The van der Waals surface area contributed by atoms with Crippen LogP contribution < -0.4 is 10.2 Å². The molecule has 0 radical (unpaired) electrons. The zero-order chi connectivity index (χ0) is 19.7. The molecule has 2 heterocycles. The average molecular weight is 374 g/mol. The molecule has 1 N–H and O–H groups in total. The van der Waals surface area contributed by atoms with Gasteiger partial charge in [-0.1, -0.05) is 23.8 Å². The number of fused-ring (bicyclic) bond motifs is 1. The van der Waals surface area contributed by atoms with Crippen LogP contribution in [0.25, 0.3) is 10.9 Å². The maximum Gasteiger partial charge on any atom is 0.325 e. The molecular formula is C22H22N4O2. The summed E-state index contributed by atoms with van der Waals surface area (Å²) in [6, 6.07) is 17.2. The molecule has 3 amide bonds. The highest BCUT2D eigenvalue weighted by atomic mass is 16.2. The number of rotatable bonds is 4. The van der Waals surface area contributed by atoms with Gasteiger partial charge >= 0.3 is 6.03 Å². The van der Waals surface area contributed by atoms with Gasteiger partial charge in [-0.05, 0) is 50.2 Å². The number of aryl methyl sites for hydroxylation is 2. The van der Waals surface area contributed by atoms with E-state index in [1.54, 1.807) is 9.80 Å². The molecule has 1 aromatic heterocycles. The van der Waals surface area contributed by atoms with E-state index < -0.39 is 0 Å². The normalized spacial score (nSPS) is 14.0. The Balaban J connectivity index is 1.45. The molecule has 6 nitrogen and oxygen atoms in total. The molecule has 1 fully saturated rings. The number of aromatic nitrogens is 1. The molecule has 6 heteroatoms. The minimum Gasteiger partial charge on any atom is -0.324 e. The number of nitrogens with one attached hydrogen (secondary N) is 1. The van der Waals surface area contributed by atoms with Crippen LogP contribution in [-0.2, 0) is 4.79 Å². The standard InChI is InChI=1S/C22H22N4O2/c1-15-6-9-17(10-7-15)26-13-12-25(22(26)28)14-21(27)24-20-5-3-4-19-18(20)11-8-16(2)23-19/h3-11H,12-14H2,1-2H3,(H,24,27). The molecule has 0 unspecified atom stereocenters. The van der Waals surface area contributed by atoms with Gasteiger partial charge in [-0.2, -0.15) is 0 Å². The third-order valence-corrected chi connectivity index (χ3v) is 4.92. The molecule has 0 saturated carbocycles. The highest BCUT2D eigenvalue weighted by Crippen LogP contribution is 2.23. The van der Waals surface area contributed by atoms with E-state index in [-0.39, 0.29) is 18.5 Å². The van der Waals surface area contributed by atoms with Crippen LogP contribution in [0.2, 0.25) is 0 Å². The van der Waals surface area contributed by atoms with E-state index in [1.807, 2.05) is 68.4 Å². The molecule has 0 bridgehead atoms. The second-order valence-corrected chi connectivity index (χ2v) is 7.06. The lowest BCUT2D eigenvalue weighted by Crippen LogP contribution is -2.37. The van der Waals surface area contributed by atoms with Crippen LogP contribution in [0.3, 0.4) is 0 Å².